The third-order valence-electron chi connectivity index (χ3n) is 4.97. The lowest BCUT2D eigenvalue weighted by Crippen LogP contribution is -2.41. The molecule has 8 nitrogen and oxygen atoms in total. The van der Waals surface area contributed by atoms with Crippen LogP contribution in [0.2, 0.25) is 0 Å². The topological polar surface area (TPSA) is 116 Å². The van der Waals surface area contributed by atoms with Crippen LogP contribution in [-0.4, -0.2) is 32.0 Å². The number of amides is 2. The van der Waals surface area contributed by atoms with Crippen LogP contribution in [0.1, 0.15) is 26.3 Å². The van der Waals surface area contributed by atoms with Gasteiger partial charge in [-0.1, -0.05) is 48.2 Å². The van der Waals surface area contributed by atoms with Gasteiger partial charge in [0.2, 0.25) is 0 Å². The van der Waals surface area contributed by atoms with Crippen molar-refractivity contribution >= 4 is 45.5 Å². The van der Waals surface area contributed by atoms with Crippen molar-refractivity contribution < 1.29 is 9.59 Å². The predicted molar refractivity (Wildman–Crippen MR) is 123 cm³/mol. The van der Waals surface area contributed by atoms with Gasteiger partial charge in [-0.05, 0) is 35.9 Å². The molecule has 2 amide bonds. The normalized spacial score (nSPS) is 11.0. The van der Waals surface area contributed by atoms with Gasteiger partial charge in [0, 0.05) is 16.7 Å². The van der Waals surface area contributed by atoms with Crippen molar-refractivity contribution in [1.82, 2.24) is 31.0 Å². The van der Waals surface area contributed by atoms with Crippen molar-refractivity contribution in [3.63, 3.8) is 0 Å². The molecule has 2 aromatic heterocycles. The SMILES string of the molecule is O=C(NNC(=O)c1cccc2cn[nH]c12)c1ccc(CSc2nc3ccccc3[nH]2)cc1. The highest BCUT2D eigenvalue weighted by atomic mass is 32.2. The molecule has 3 aromatic carbocycles. The number of fused-ring (bicyclic) bond motifs is 2. The minimum atomic E-state index is -0.424. The van der Waals surface area contributed by atoms with Gasteiger partial charge < -0.3 is 4.98 Å². The molecular weight excluding hydrogens is 424 g/mol. The van der Waals surface area contributed by atoms with Crippen molar-refractivity contribution in [3.8, 4) is 0 Å². The summed E-state index contributed by atoms with van der Waals surface area (Å²) in [4.78, 5) is 32.7. The minimum Gasteiger partial charge on any atom is -0.333 e. The summed E-state index contributed by atoms with van der Waals surface area (Å²) < 4.78 is 0. The number of nitrogens with one attached hydrogen (secondary N) is 4. The first-order chi connectivity index (χ1) is 15.7. The van der Waals surface area contributed by atoms with Crippen LogP contribution < -0.4 is 10.9 Å². The molecule has 5 aromatic rings. The number of H-pyrrole nitrogens is 2. The van der Waals surface area contributed by atoms with Crippen LogP contribution >= 0.6 is 11.8 Å². The number of aromatic nitrogens is 4. The molecule has 2 heterocycles. The quantitative estimate of drug-likeness (QED) is 0.244. The van der Waals surface area contributed by atoms with Gasteiger partial charge in [0.05, 0.1) is 28.3 Å². The Morgan fingerprint density at radius 2 is 1.72 bits per heavy atom. The lowest BCUT2D eigenvalue weighted by atomic mass is 10.1. The number of imidazole rings is 1. The summed E-state index contributed by atoms with van der Waals surface area (Å²) in [5.41, 5.74) is 9.37. The lowest BCUT2D eigenvalue weighted by Gasteiger charge is -2.08. The number of hydrogen-bond donors (Lipinski definition) is 4. The number of carbonyl (C=O) groups is 2. The maximum atomic E-state index is 12.4. The molecule has 0 aliphatic carbocycles. The zero-order valence-electron chi connectivity index (χ0n) is 16.8. The van der Waals surface area contributed by atoms with Crippen LogP contribution in [0, 0.1) is 0 Å². The van der Waals surface area contributed by atoms with E-state index in [-0.39, 0.29) is 0 Å². The van der Waals surface area contributed by atoms with Crippen LogP contribution in [0.15, 0.2) is 78.1 Å². The molecule has 32 heavy (non-hydrogen) atoms. The van der Waals surface area contributed by atoms with E-state index in [0.29, 0.717) is 22.4 Å². The summed E-state index contributed by atoms with van der Waals surface area (Å²) in [6, 6.07) is 20.4. The highest BCUT2D eigenvalue weighted by Crippen LogP contribution is 2.23. The Morgan fingerprint density at radius 3 is 2.56 bits per heavy atom. The van der Waals surface area contributed by atoms with E-state index in [2.05, 4.69) is 31.0 Å². The summed E-state index contributed by atoms with van der Waals surface area (Å²) >= 11 is 1.59. The van der Waals surface area contributed by atoms with Crippen LogP contribution in [0.5, 0.6) is 0 Å². The fourth-order valence-corrected chi connectivity index (χ4v) is 4.15. The van der Waals surface area contributed by atoms with Gasteiger partial charge in [0.1, 0.15) is 0 Å². The first kappa shape index (κ1) is 19.8. The average Bonchev–Trinajstić information content (AvgIpc) is 3.47. The molecular formula is C23H18N6O2S. The van der Waals surface area contributed by atoms with Crippen LogP contribution in [0.4, 0.5) is 0 Å². The Hall–Kier alpha value is -4.11. The van der Waals surface area contributed by atoms with Crippen LogP contribution in [0.3, 0.4) is 0 Å². The molecule has 158 valence electrons. The highest BCUT2D eigenvalue weighted by Gasteiger charge is 2.13. The van der Waals surface area contributed by atoms with E-state index < -0.39 is 11.8 Å². The molecule has 9 heteroatoms. The Bertz CT molecular complexity index is 1390. The van der Waals surface area contributed by atoms with E-state index in [1.165, 1.54) is 0 Å². The number of thioether (sulfide) groups is 1. The number of benzene rings is 3. The van der Waals surface area contributed by atoms with Gasteiger partial charge in [0.15, 0.2) is 5.16 Å². The molecule has 0 radical (unpaired) electrons. The van der Waals surface area contributed by atoms with Gasteiger partial charge in [-0.3, -0.25) is 25.5 Å². The predicted octanol–water partition coefficient (Wildman–Crippen LogP) is 3.81. The van der Waals surface area contributed by atoms with Gasteiger partial charge >= 0.3 is 0 Å². The van der Waals surface area contributed by atoms with Gasteiger partial charge in [-0.15, -0.1) is 0 Å². The first-order valence-corrected chi connectivity index (χ1v) is 10.9. The molecule has 0 aliphatic heterocycles. The van der Waals surface area contributed by atoms with Crippen LogP contribution in [-0.2, 0) is 5.75 Å². The molecule has 5 rings (SSSR count). The second-order valence-corrected chi connectivity index (χ2v) is 8.06. The third kappa shape index (κ3) is 4.06. The van der Waals surface area contributed by atoms with E-state index >= 15 is 0 Å². The summed E-state index contributed by atoms with van der Waals surface area (Å²) in [6.45, 7) is 0. The van der Waals surface area contributed by atoms with Crippen molar-refractivity contribution in [2.45, 2.75) is 10.9 Å². The number of hydrazine groups is 1. The molecule has 0 unspecified atom stereocenters. The van der Waals surface area contributed by atoms with E-state index in [9.17, 15) is 9.59 Å². The molecule has 0 fully saturated rings. The number of nitrogens with zero attached hydrogens (tertiary/aromatic N) is 2. The molecule has 0 atom stereocenters. The minimum absolute atomic E-state index is 0.397. The fraction of sp³-hybridized carbons (Fsp3) is 0.0435. The number of carbonyl (C=O) groups excluding carboxylic acids is 2. The molecule has 0 saturated heterocycles. The van der Waals surface area contributed by atoms with E-state index in [1.54, 1.807) is 42.2 Å². The zero-order valence-corrected chi connectivity index (χ0v) is 17.6. The van der Waals surface area contributed by atoms with E-state index in [4.69, 9.17) is 0 Å². The van der Waals surface area contributed by atoms with E-state index in [0.717, 1.165) is 27.1 Å². The Kier molecular flexibility index (Phi) is 5.30. The van der Waals surface area contributed by atoms with Crippen molar-refractivity contribution in [2.75, 3.05) is 0 Å². The Morgan fingerprint density at radius 1 is 0.906 bits per heavy atom. The van der Waals surface area contributed by atoms with Crippen molar-refractivity contribution in [3.05, 3.63) is 89.6 Å². The maximum absolute atomic E-state index is 12.4. The number of hydrogen-bond acceptors (Lipinski definition) is 5. The summed E-state index contributed by atoms with van der Waals surface area (Å²) in [5, 5.41) is 8.40. The van der Waals surface area contributed by atoms with Crippen molar-refractivity contribution in [1.29, 1.82) is 0 Å². The lowest BCUT2D eigenvalue weighted by molar-refractivity contribution is 0.0847. The summed E-state index contributed by atoms with van der Waals surface area (Å²) in [6.07, 6.45) is 1.64. The number of rotatable bonds is 5. The van der Waals surface area contributed by atoms with Gasteiger partial charge in [-0.2, -0.15) is 5.10 Å². The third-order valence-corrected chi connectivity index (χ3v) is 5.91. The van der Waals surface area contributed by atoms with Crippen molar-refractivity contribution in [2.24, 2.45) is 0 Å². The maximum Gasteiger partial charge on any atom is 0.271 e. The standard InChI is InChI=1S/C23H18N6O2S/c30-21(28-29-22(31)17-5-3-4-16-12-24-27-20(16)17)15-10-8-14(9-11-15)13-32-23-25-18-6-1-2-7-19(18)26-23/h1-12H,13H2,(H,24,27)(H,25,26)(H,28,30)(H,29,31). The second-order valence-electron chi connectivity index (χ2n) is 7.09. The number of aromatic amines is 2. The van der Waals surface area contributed by atoms with Gasteiger partial charge in [0.25, 0.3) is 11.8 Å². The zero-order chi connectivity index (χ0) is 21.9. The van der Waals surface area contributed by atoms with Gasteiger partial charge in [-0.25, -0.2) is 4.98 Å². The molecule has 0 spiro atoms. The Balaban J connectivity index is 1.17. The largest absolute Gasteiger partial charge is 0.333 e. The first-order valence-electron chi connectivity index (χ1n) is 9.87. The fourth-order valence-electron chi connectivity index (χ4n) is 3.31. The Labute approximate surface area is 186 Å². The summed E-state index contributed by atoms with van der Waals surface area (Å²) in [5.74, 6) is -0.106. The highest BCUT2D eigenvalue weighted by molar-refractivity contribution is 7.98. The average molecular weight is 443 g/mol. The molecule has 0 saturated carbocycles. The second kappa shape index (κ2) is 8.56. The molecule has 0 bridgehead atoms. The van der Waals surface area contributed by atoms with E-state index in [1.807, 2.05) is 42.5 Å². The monoisotopic (exact) mass is 442 g/mol. The van der Waals surface area contributed by atoms with Crippen LogP contribution in [0.25, 0.3) is 21.9 Å². The number of para-hydroxylation sites is 3. The molecule has 4 N–H and O–H groups in total. The smallest absolute Gasteiger partial charge is 0.271 e. The molecule has 0 aliphatic rings. The summed E-state index contributed by atoms with van der Waals surface area (Å²) in [7, 11) is 0.